The lowest BCUT2D eigenvalue weighted by Crippen LogP contribution is -2.67. The maximum atomic E-state index is 17.3. The van der Waals surface area contributed by atoms with Crippen molar-refractivity contribution in [1.82, 2.24) is 34.5 Å². The molecule has 3 aromatic heterocycles. The first kappa shape index (κ1) is 37.2. The van der Waals surface area contributed by atoms with Crippen molar-refractivity contribution in [3.63, 3.8) is 0 Å². The number of carbonyl (C=O) groups is 1. The van der Waals surface area contributed by atoms with Crippen molar-refractivity contribution < 1.29 is 31.5 Å². The number of anilines is 2. The molecule has 294 valence electrons. The number of aromatic nitrogens is 5. The summed E-state index contributed by atoms with van der Waals surface area (Å²) in [6, 6.07) is 7.19. The second kappa shape index (κ2) is 13.6. The molecule has 2 unspecified atom stereocenters. The number of nitriles is 2. The predicted octanol–water partition coefficient (Wildman–Crippen LogP) is 6.84. The van der Waals surface area contributed by atoms with Crippen LogP contribution in [0, 0.1) is 40.2 Å². The van der Waals surface area contributed by atoms with E-state index in [4.69, 9.17) is 27.1 Å². The standard InChI is InChI=1S/C37H31ClF5N11O2S/c38-23-10-21-28(27(41)26(23)20-2-3-24(40)29-25(20)22(12-45)31(46)57-29)48-34(56-16-36-5-1-8-52(36)14-19(39)11-36)49-33(21)51-13-18(4-7-44)37(15-51)6-9-53(37)35(55)54-17-47-32(50-54)30(42)43/h2-3,10,17-19,30H,1,4-6,8-9,11,13-16,46H2/t18?,19-,36+,37?/m1/s1. The number of halogens is 6. The summed E-state index contributed by atoms with van der Waals surface area (Å²) in [7, 11) is 0. The van der Waals surface area contributed by atoms with Gasteiger partial charge in [-0.3, -0.25) is 4.90 Å². The van der Waals surface area contributed by atoms with Crippen molar-refractivity contribution in [3.8, 4) is 29.3 Å². The van der Waals surface area contributed by atoms with E-state index in [0.29, 0.717) is 19.4 Å². The Kier molecular flexibility index (Phi) is 8.90. The lowest BCUT2D eigenvalue weighted by atomic mass is 9.75. The van der Waals surface area contributed by atoms with Crippen LogP contribution in [0.1, 0.15) is 49.9 Å². The molecular weight excluding hydrogens is 793 g/mol. The zero-order valence-electron chi connectivity index (χ0n) is 29.9. The van der Waals surface area contributed by atoms with Gasteiger partial charge >= 0.3 is 12.0 Å². The minimum absolute atomic E-state index is 0.0138. The van der Waals surface area contributed by atoms with Crippen molar-refractivity contribution >= 4 is 60.8 Å². The molecule has 2 aromatic carbocycles. The van der Waals surface area contributed by atoms with Crippen LogP contribution in [0.25, 0.3) is 32.1 Å². The zero-order valence-corrected chi connectivity index (χ0v) is 31.4. The summed E-state index contributed by atoms with van der Waals surface area (Å²) in [5.41, 5.74) is 4.23. The van der Waals surface area contributed by atoms with Crippen molar-refractivity contribution in [2.45, 2.75) is 55.8 Å². The monoisotopic (exact) mass is 823 g/mol. The highest BCUT2D eigenvalue weighted by Crippen LogP contribution is 2.49. The molecule has 1 spiro atoms. The third kappa shape index (κ3) is 5.72. The van der Waals surface area contributed by atoms with Gasteiger partial charge in [-0.1, -0.05) is 17.7 Å². The second-order valence-corrected chi connectivity index (χ2v) is 16.4. The van der Waals surface area contributed by atoms with Gasteiger partial charge in [-0.05, 0) is 43.5 Å². The summed E-state index contributed by atoms with van der Waals surface area (Å²) in [5.74, 6) is -2.64. The number of carbonyl (C=O) groups excluding carboxylic acids is 1. The van der Waals surface area contributed by atoms with Gasteiger partial charge in [-0.2, -0.15) is 25.2 Å². The molecular formula is C37H31ClF5N11O2S. The molecule has 13 nitrogen and oxygen atoms in total. The number of alkyl halides is 3. The molecule has 1 amide bonds. The van der Waals surface area contributed by atoms with Crippen LogP contribution in [-0.4, -0.2) is 97.1 Å². The Hall–Kier alpha value is -5.37. The number of thiophene rings is 1. The fourth-order valence-electron chi connectivity index (χ4n) is 9.33. The van der Waals surface area contributed by atoms with E-state index in [0.717, 1.165) is 34.8 Å². The maximum absolute atomic E-state index is 17.3. The van der Waals surface area contributed by atoms with E-state index in [1.807, 2.05) is 6.07 Å². The van der Waals surface area contributed by atoms with Gasteiger partial charge in [-0.25, -0.2) is 31.7 Å². The summed E-state index contributed by atoms with van der Waals surface area (Å²) in [4.78, 5) is 31.8. The number of likely N-dealkylation sites (tertiary alicyclic amines) is 1. The number of benzene rings is 2. The van der Waals surface area contributed by atoms with Crippen LogP contribution >= 0.6 is 22.9 Å². The van der Waals surface area contributed by atoms with Crippen LogP contribution in [-0.2, 0) is 0 Å². The molecule has 0 radical (unpaired) electrons. The number of amides is 1. The van der Waals surface area contributed by atoms with Gasteiger partial charge in [0, 0.05) is 61.3 Å². The molecule has 4 aliphatic rings. The van der Waals surface area contributed by atoms with Crippen LogP contribution < -0.4 is 15.4 Å². The number of hydrogen-bond acceptors (Lipinski definition) is 12. The number of hydrogen-bond donors (Lipinski definition) is 1. The second-order valence-electron chi connectivity index (χ2n) is 15.0. The van der Waals surface area contributed by atoms with Crippen molar-refractivity contribution in [2.75, 3.05) is 50.0 Å². The average Bonchev–Trinajstić information content (AvgIpc) is 3.99. The molecule has 57 heavy (non-hydrogen) atoms. The molecule has 4 saturated heterocycles. The van der Waals surface area contributed by atoms with Crippen molar-refractivity contribution in [2.24, 2.45) is 5.92 Å². The summed E-state index contributed by atoms with van der Waals surface area (Å²) in [6.45, 7) is 1.53. The number of fused-ring (bicyclic) bond motifs is 3. The summed E-state index contributed by atoms with van der Waals surface area (Å²) < 4.78 is 80.7. The van der Waals surface area contributed by atoms with Gasteiger partial charge < -0.3 is 20.3 Å². The number of rotatable bonds is 7. The Labute approximate surface area is 330 Å². The zero-order chi connectivity index (χ0) is 40.0. The topological polar surface area (TPSA) is 166 Å². The fourth-order valence-corrected chi connectivity index (χ4v) is 10.6. The first-order valence-corrected chi connectivity index (χ1v) is 19.3. The van der Waals surface area contributed by atoms with E-state index in [-0.39, 0.29) is 105 Å². The molecule has 9 rings (SSSR count). The third-order valence-corrected chi connectivity index (χ3v) is 13.3. The average molecular weight is 824 g/mol. The molecule has 0 saturated carbocycles. The smallest absolute Gasteiger partial charge is 0.346 e. The molecule has 5 aromatic rings. The lowest BCUT2D eigenvalue weighted by Gasteiger charge is -2.52. The summed E-state index contributed by atoms with van der Waals surface area (Å²) in [5, 5.41) is 23.7. The quantitative estimate of drug-likeness (QED) is 0.171. The van der Waals surface area contributed by atoms with Gasteiger partial charge in [0.15, 0.2) is 5.82 Å². The lowest BCUT2D eigenvalue weighted by molar-refractivity contribution is 0.00652. The van der Waals surface area contributed by atoms with Gasteiger partial charge in [0.05, 0.1) is 32.4 Å². The predicted molar refractivity (Wildman–Crippen MR) is 199 cm³/mol. The molecule has 20 heteroatoms. The summed E-state index contributed by atoms with van der Waals surface area (Å²) >= 11 is 7.75. The van der Waals surface area contributed by atoms with Crippen LogP contribution in [0.3, 0.4) is 0 Å². The minimum Gasteiger partial charge on any atom is -0.461 e. The van der Waals surface area contributed by atoms with E-state index in [9.17, 15) is 28.5 Å². The van der Waals surface area contributed by atoms with E-state index in [1.54, 1.807) is 4.90 Å². The minimum atomic E-state index is -2.98. The fraction of sp³-hybridized carbons (Fsp3) is 0.432. The Bertz CT molecular complexity index is 2580. The number of nitrogen functional groups attached to an aromatic ring is 1. The van der Waals surface area contributed by atoms with Crippen LogP contribution in [0.2, 0.25) is 5.02 Å². The normalized spacial score (nSPS) is 24.4. The highest BCUT2D eigenvalue weighted by Gasteiger charge is 2.58. The van der Waals surface area contributed by atoms with Gasteiger partial charge in [0.1, 0.15) is 47.3 Å². The molecule has 4 fully saturated rings. The van der Waals surface area contributed by atoms with E-state index in [1.165, 1.54) is 17.0 Å². The Balaban J connectivity index is 1.17. The Morgan fingerprint density at radius 2 is 2.00 bits per heavy atom. The van der Waals surface area contributed by atoms with E-state index in [2.05, 4.69) is 26.0 Å². The number of ether oxygens (including phenoxy) is 1. The largest absolute Gasteiger partial charge is 0.461 e. The SMILES string of the molecule is N#CCC1CN(c2nc(OC[C@@]34CCCN3C[C@H](F)C4)nc3c(F)c(-c4ccc(F)c5sc(N)c(C#N)c45)c(Cl)cc23)CC12CCN2C(=O)n1cnc(C(F)F)n1. The Morgan fingerprint density at radius 3 is 2.72 bits per heavy atom. The highest BCUT2D eigenvalue weighted by molar-refractivity contribution is 7.23. The Morgan fingerprint density at radius 1 is 1.18 bits per heavy atom. The molecule has 4 atom stereocenters. The van der Waals surface area contributed by atoms with Crippen molar-refractivity contribution in [1.29, 1.82) is 10.5 Å². The first-order chi connectivity index (χ1) is 27.4. The van der Waals surface area contributed by atoms with Gasteiger partial charge in [0.25, 0.3) is 6.43 Å². The van der Waals surface area contributed by atoms with E-state index >= 15 is 8.78 Å². The third-order valence-electron chi connectivity index (χ3n) is 12.0. The molecule has 4 aliphatic heterocycles. The molecule has 0 bridgehead atoms. The molecule has 2 N–H and O–H groups in total. The molecule has 7 heterocycles. The number of nitrogens with zero attached hydrogens (tertiary/aromatic N) is 10. The highest BCUT2D eigenvalue weighted by atomic mass is 35.5. The van der Waals surface area contributed by atoms with Gasteiger partial charge in [-0.15, -0.1) is 16.4 Å². The maximum Gasteiger partial charge on any atom is 0.346 e. The van der Waals surface area contributed by atoms with Gasteiger partial charge in [0.2, 0.25) is 5.82 Å². The van der Waals surface area contributed by atoms with E-state index < -0.39 is 53.1 Å². The number of nitrogens with two attached hydrogens (primary N) is 1. The van der Waals surface area contributed by atoms with Crippen LogP contribution in [0.4, 0.5) is 37.6 Å². The summed E-state index contributed by atoms with van der Waals surface area (Å²) in [6.07, 6.45) is -0.834. The molecule has 0 aliphatic carbocycles. The first-order valence-electron chi connectivity index (χ1n) is 18.1. The van der Waals surface area contributed by atoms with Crippen molar-refractivity contribution in [3.05, 3.63) is 52.6 Å². The van der Waals surface area contributed by atoms with Crippen LogP contribution in [0.15, 0.2) is 24.5 Å². The van der Waals surface area contributed by atoms with Crippen LogP contribution in [0.5, 0.6) is 6.01 Å².